The minimum absolute atomic E-state index is 0.113. The Kier molecular flexibility index (Phi) is 5.21. The van der Waals surface area contributed by atoms with Gasteiger partial charge in [-0.3, -0.25) is 9.89 Å². The topological polar surface area (TPSA) is 70.7 Å². The van der Waals surface area contributed by atoms with Crippen LogP contribution in [0.5, 0.6) is 0 Å². The van der Waals surface area contributed by atoms with Crippen LogP contribution in [0.15, 0.2) is 22.7 Å². The summed E-state index contributed by atoms with van der Waals surface area (Å²) in [6.45, 7) is 2.03. The normalized spacial score (nSPS) is 11.8. The first-order valence-electron chi connectivity index (χ1n) is 6.00. The van der Waals surface area contributed by atoms with Gasteiger partial charge in [0.1, 0.15) is 5.82 Å². The van der Waals surface area contributed by atoms with E-state index >= 15 is 0 Å². The van der Waals surface area contributed by atoms with Crippen molar-refractivity contribution in [1.82, 2.24) is 20.5 Å². The minimum atomic E-state index is -0.284. The fourth-order valence-corrected chi connectivity index (χ4v) is 2.96. The molecule has 0 spiro atoms. The zero-order valence-corrected chi connectivity index (χ0v) is 12.6. The van der Waals surface area contributed by atoms with Crippen molar-refractivity contribution in [3.05, 3.63) is 28.2 Å². The van der Waals surface area contributed by atoms with Gasteiger partial charge in [0.2, 0.25) is 11.1 Å². The second-order valence-electron chi connectivity index (χ2n) is 4.00. The first kappa shape index (κ1) is 14.6. The van der Waals surface area contributed by atoms with Crippen LogP contribution in [0, 0.1) is 12.3 Å². The molecule has 0 aliphatic heterocycles. The number of carbonyl (C=O) groups is 1. The molecule has 0 radical (unpaired) electrons. The molecule has 0 saturated carbocycles. The monoisotopic (exact) mass is 306 g/mol. The van der Waals surface area contributed by atoms with E-state index in [-0.39, 0.29) is 17.7 Å². The first-order valence-corrected chi connectivity index (χ1v) is 7.76. The zero-order chi connectivity index (χ0) is 14.4. The Labute approximate surface area is 125 Å². The lowest BCUT2D eigenvalue weighted by Gasteiger charge is -2.07. The van der Waals surface area contributed by atoms with Crippen LogP contribution < -0.4 is 5.32 Å². The van der Waals surface area contributed by atoms with Crippen molar-refractivity contribution < 1.29 is 4.79 Å². The molecule has 2 heterocycles. The van der Waals surface area contributed by atoms with Gasteiger partial charge in [-0.1, -0.05) is 23.7 Å². The lowest BCUT2D eigenvalue weighted by atomic mass is 10.3. The van der Waals surface area contributed by atoms with Crippen LogP contribution in [0.1, 0.15) is 17.6 Å². The number of hydrogen-bond donors (Lipinski definition) is 2. The highest BCUT2D eigenvalue weighted by Crippen LogP contribution is 2.20. The standard InChI is InChI=1S/C13H14N4OS2/c1-3-6-14-12(18)9(2)20-13-15-11(16-17-13)8-10-5-4-7-19-10/h1,4-5,7,9H,6,8H2,2H3,(H,14,18)(H,15,16,17). The van der Waals surface area contributed by atoms with E-state index in [4.69, 9.17) is 6.42 Å². The van der Waals surface area contributed by atoms with Crippen molar-refractivity contribution in [2.75, 3.05) is 6.54 Å². The molecular weight excluding hydrogens is 292 g/mol. The summed E-state index contributed by atoms with van der Waals surface area (Å²) in [7, 11) is 0. The maximum Gasteiger partial charge on any atom is 0.234 e. The second kappa shape index (κ2) is 7.12. The fraction of sp³-hybridized carbons (Fsp3) is 0.308. The number of carbonyl (C=O) groups excluding carboxylic acids is 1. The van der Waals surface area contributed by atoms with Gasteiger partial charge in [-0.05, 0) is 18.4 Å². The van der Waals surface area contributed by atoms with Gasteiger partial charge in [0, 0.05) is 11.3 Å². The molecule has 0 aliphatic rings. The molecule has 0 bridgehead atoms. The molecule has 2 N–H and O–H groups in total. The molecule has 0 aromatic carbocycles. The maximum atomic E-state index is 11.7. The molecule has 2 rings (SSSR count). The third-order valence-corrected chi connectivity index (χ3v) is 4.29. The van der Waals surface area contributed by atoms with Gasteiger partial charge < -0.3 is 5.32 Å². The van der Waals surface area contributed by atoms with E-state index in [9.17, 15) is 4.79 Å². The molecule has 104 valence electrons. The largest absolute Gasteiger partial charge is 0.344 e. The summed E-state index contributed by atoms with van der Waals surface area (Å²) in [5.74, 6) is 3.05. The molecule has 2 aromatic rings. The van der Waals surface area contributed by atoms with Crippen LogP contribution >= 0.6 is 23.1 Å². The van der Waals surface area contributed by atoms with E-state index < -0.39 is 0 Å². The van der Waals surface area contributed by atoms with Crippen molar-refractivity contribution in [2.45, 2.75) is 23.8 Å². The number of terminal acetylenes is 1. The summed E-state index contributed by atoms with van der Waals surface area (Å²) < 4.78 is 0. The number of hydrogen-bond acceptors (Lipinski definition) is 5. The van der Waals surface area contributed by atoms with Gasteiger partial charge in [-0.25, -0.2) is 4.98 Å². The number of aromatic amines is 1. The first-order chi connectivity index (χ1) is 9.69. The van der Waals surface area contributed by atoms with Crippen LogP contribution in [0.4, 0.5) is 0 Å². The predicted molar refractivity (Wildman–Crippen MR) is 80.7 cm³/mol. The quantitative estimate of drug-likeness (QED) is 0.629. The summed E-state index contributed by atoms with van der Waals surface area (Å²) in [5.41, 5.74) is 0. The Morgan fingerprint density at radius 2 is 2.55 bits per heavy atom. The predicted octanol–water partition coefficient (Wildman–Crippen LogP) is 1.69. The van der Waals surface area contributed by atoms with Gasteiger partial charge in [0.15, 0.2) is 0 Å². The summed E-state index contributed by atoms with van der Waals surface area (Å²) in [4.78, 5) is 17.3. The van der Waals surface area contributed by atoms with Crippen molar-refractivity contribution >= 4 is 29.0 Å². The Balaban J connectivity index is 1.89. The zero-order valence-electron chi connectivity index (χ0n) is 10.9. The van der Waals surface area contributed by atoms with E-state index in [0.29, 0.717) is 5.16 Å². The van der Waals surface area contributed by atoms with E-state index in [1.807, 2.05) is 11.4 Å². The average Bonchev–Trinajstić information content (AvgIpc) is 3.08. The number of thiophene rings is 1. The fourth-order valence-electron chi connectivity index (χ4n) is 1.48. The minimum Gasteiger partial charge on any atom is -0.344 e. The molecule has 7 heteroatoms. The highest BCUT2D eigenvalue weighted by molar-refractivity contribution is 8.00. The van der Waals surface area contributed by atoms with Gasteiger partial charge in [0.25, 0.3) is 0 Å². The molecule has 0 aliphatic carbocycles. The number of amides is 1. The van der Waals surface area contributed by atoms with Gasteiger partial charge in [-0.15, -0.1) is 22.9 Å². The summed E-state index contributed by atoms with van der Waals surface area (Å²) in [5, 5.41) is 12.0. The highest BCUT2D eigenvalue weighted by atomic mass is 32.2. The Morgan fingerprint density at radius 1 is 1.70 bits per heavy atom. The number of aromatic nitrogens is 3. The summed E-state index contributed by atoms with van der Waals surface area (Å²) in [6, 6.07) is 4.06. The second-order valence-corrected chi connectivity index (χ2v) is 6.34. The third-order valence-electron chi connectivity index (χ3n) is 2.45. The lowest BCUT2D eigenvalue weighted by Crippen LogP contribution is -2.31. The number of nitrogens with zero attached hydrogens (tertiary/aromatic N) is 2. The number of thioether (sulfide) groups is 1. The van der Waals surface area contributed by atoms with Crippen molar-refractivity contribution in [3.8, 4) is 12.3 Å². The smallest absolute Gasteiger partial charge is 0.234 e. The summed E-state index contributed by atoms with van der Waals surface area (Å²) >= 11 is 2.98. The SMILES string of the molecule is C#CCNC(=O)C(C)Sc1n[nH]c(Cc2cccs2)n1. The highest BCUT2D eigenvalue weighted by Gasteiger charge is 2.16. The van der Waals surface area contributed by atoms with E-state index in [1.54, 1.807) is 18.3 Å². The van der Waals surface area contributed by atoms with Crippen LogP contribution in [0.2, 0.25) is 0 Å². The molecule has 0 fully saturated rings. The number of nitrogens with one attached hydrogen (secondary N) is 2. The summed E-state index contributed by atoms with van der Waals surface area (Å²) in [6.07, 6.45) is 5.82. The molecule has 2 aromatic heterocycles. The van der Waals surface area contributed by atoms with Crippen molar-refractivity contribution in [1.29, 1.82) is 0 Å². The third kappa shape index (κ3) is 4.11. The van der Waals surface area contributed by atoms with Gasteiger partial charge >= 0.3 is 0 Å². The van der Waals surface area contributed by atoms with Gasteiger partial charge in [-0.2, -0.15) is 0 Å². The lowest BCUT2D eigenvalue weighted by molar-refractivity contribution is -0.120. The average molecular weight is 306 g/mol. The Bertz CT molecular complexity index is 600. The van der Waals surface area contributed by atoms with Gasteiger partial charge in [0.05, 0.1) is 11.8 Å². The maximum absolute atomic E-state index is 11.7. The Morgan fingerprint density at radius 3 is 3.25 bits per heavy atom. The van der Waals surface area contributed by atoms with E-state index in [0.717, 1.165) is 12.2 Å². The van der Waals surface area contributed by atoms with E-state index in [1.165, 1.54) is 16.6 Å². The molecule has 1 amide bonds. The van der Waals surface area contributed by atoms with E-state index in [2.05, 4.69) is 32.5 Å². The van der Waals surface area contributed by atoms with Crippen molar-refractivity contribution in [3.63, 3.8) is 0 Å². The van der Waals surface area contributed by atoms with Crippen LogP contribution in [-0.4, -0.2) is 32.9 Å². The van der Waals surface area contributed by atoms with Crippen molar-refractivity contribution in [2.24, 2.45) is 0 Å². The van der Waals surface area contributed by atoms with Crippen LogP contribution in [0.3, 0.4) is 0 Å². The Hall–Kier alpha value is -1.78. The number of rotatable bonds is 6. The number of H-pyrrole nitrogens is 1. The molecule has 20 heavy (non-hydrogen) atoms. The van der Waals surface area contributed by atoms with Crippen LogP contribution in [0.25, 0.3) is 0 Å². The molecule has 0 saturated heterocycles. The molecule has 1 atom stereocenters. The molecular formula is C13H14N4OS2. The van der Waals surface area contributed by atoms with Crippen LogP contribution in [-0.2, 0) is 11.2 Å². The molecule has 5 nitrogen and oxygen atoms in total. The molecule has 1 unspecified atom stereocenters.